The Bertz CT molecular complexity index is 1320. The Morgan fingerprint density at radius 3 is 2.50 bits per heavy atom. The summed E-state index contributed by atoms with van der Waals surface area (Å²) in [5.41, 5.74) is 8.33. The first kappa shape index (κ1) is 26.4. The SMILES string of the molecule is CC1=C(C(=O)Nc2ccccc2)[C@@H](c2cc(C)cc(CN3CCOCC3)c2C)C2=C(CC(C)(C)CC2=O)N1. The monoisotopic (exact) mass is 513 g/mol. The average molecular weight is 514 g/mol. The van der Waals surface area contributed by atoms with Gasteiger partial charge >= 0.3 is 0 Å². The van der Waals surface area contributed by atoms with Crippen LogP contribution in [0.25, 0.3) is 0 Å². The lowest BCUT2D eigenvalue weighted by atomic mass is 9.67. The molecule has 0 bridgehead atoms. The minimum Gasteiger partial charge on any atom is -0.379 e. The van der Waals surface area contributed by atoms with Gasteiger partial charge in [-0.25, -0.2) is 0 Å². The van der Waals surface area contributed by atoms with E-state index in [1.807, 2.05) is 37.3 Å². The number of carbonyl (C=O) groups is 2. The van der Waals surface area contributed by atoms with Crippen LogP contribution in [0.5, 0.6) is 0 Å². The highest BCUT2D eigenvalue weighted by Gasteiger charge is 2.43. The van der Waals surface area contributed by atoms with Crippen molar-refractivity contribution < 1.29 is 14.3 Å². The maximum atomic E-state index is 13.9. The summed E-state index contributed by atoms with van der Waals surface area (Å²) in [6.45, 7) is 14.6. The third kappa shape index (κ3) is 5.33. The van der Waals surface area contributed by atoms with Crippen LogP contribution in [0.3, 0.4) is 0 Å². The van der Waals surface area contributed by atoms with Crippen molar-refractivity contribution in [3.8, 4) is 0 Å². The van der Waals surface area contributed by atoms with Gasteiger partial charge in [-0.3, -0.25) is 14.5 Å². The third-order valence-corrected chi connectivity index (χ3v) is 8.02. The number of aryl methyl sites for hydroxylation is 1. The van der Waals surface area contributed by atoms with Gasteiger partial charge in [-0.1, -0.05) is 49.7 Å². The molecule has 1 saturated heterocycles. The summed E-state index contributed by atoms with van der Waals surface area (Å²) in [6, 6.07) is 13.9. The van der Waals surface area contributed by atoms with Crippen LogP contribution in [-0.2, 0) is 20.9 Å². The highest BCUT2D eigenvalue weighted by molar-refractivity contribution is 6.10. The Labute approximate surface area is 226 Å². The molecule has 200 valence electrons. The van der Waals surface area contributed by atoms with E-state index in [9.17, 15) is 9.59 Å². The highest BCUT2D eigenvalue weighted by Crippen LogP contribution is 2.48. The Hall–Kier alpha value is -3.22. The standard InChI is InChI=1S/C32H39N3O3/c1-20-15-23(19-35-11-13-38-14-12-35)21(2)25(16-20)29-28(31(37)34-24-9-7-6-8-10-24)22(3)33-26-17-32(4,5)18-27(36)30(26)29/h6-10,15-16,29,33H,11-14,17-19H2,1-5H3,(H,34,37)/t29-/m1/s1. The molecule has 3 aliphatic rings. The lowest BCUT2D eigenvalue weighted by Crippen LogP contribution is -2.39. The van der Waals surface area contributed by atoms with Crippen LogP contribution in [0.1, 0.15) is 61.8 Å². The highest BCUT2D eigenvalue weighted by atomic mass is 16.5. The molecule has 5 rings (SSSR count). The first-order valence-corrected chi connectivity index (χ1v) is 13.6. The van der Waals surface area contributed by atoms with Crippen molar-refractivity contribution in [1.29, 1.82) is 0 Å². The molecule has 2 aliphatic heterocycles. The molecule has 0 saturated carbocycles. The summed E-state index contributed by atoms with van der Waals surface area (Å²) < 4.78 is 5.56. The second-order valence-electron chi connectivity index (χ2n) is 11.8. The number of carbonyl (C=O) groups excluding carboxylic acids is 2. The number of amides is 1. The molecule has 2 heterocycles. The van der Waals surface area contributed by atoms with E-state index < -0.39 is 5.92 Å². The Morgan fingerprint density at radius 1 is 1.08 bits per heavy atom. The van der Waals surface area contributed by atoms with Crippen molar-refractivity contribution in [3.63, 3.8) is 0 Å². The number of ether oxygens (including phenoxy) is 1. The van der Waals surface area contributed by atoms with Crippen LogP contribution in [0.4, 0.5) is 5.69 Å². The normalized spacial score (nSPS) is 21.7. The van der Waals surface area contributed by atoms with Gasteiger partial charge in [0.2, 0.25) is 0 Å². The molecular weight excluding hydrogens is 474 g/mol. The van der Waals surface area contributed by atoms with Crippen molar-refractivity contribution in [2.45, 2.75) is 59.9 Å². The van der Waals surface area contributed by atoms with Crippen molar-refractivity contribution in [3.05, 3.63) is 87.3 Å². The predicted octanol–water partition coefficient (Wildman–Crippen LogP) is 5.38. The van der Waals surface area contributed by atoms with Gasteiger partial charge in [0.15, 0.2) is 5.78 Å². The predicted molar refractivity (Wildman–Crippen MR) is 151 cm³/mol. The summed E-state index contributed by atoms with van der Waals surface area (Å²) in [4.78, 5) is 30.1. The molecule has 1 amide bonds. The van der Waals surface area contributed by atoms with Gasteiger partial charge in [-0.2, -0.15) is 0 Å². The Balaban J connectivity index is 1.62. The first-order valence-electron chi connectivity index (χ1n) is 13.6. The van der Waals surface area contributed by atoms with Crippen molar-refractivity contribution in [2.24, 2.45) is 5.41 Å². The van der Waals surface area contributed by atoms with E-state index in [0.29, 0.717) is 12.0 Å². The van der Waals surface area contributed by atoms with Gasteiger partial charge in [-0.05, 0) is 61.4 Å². The molecule has 2 N–H and O–H groups in total. The van der Waals surface area contributed by atoms with Crippen LogP contribution in [0.15, 0.2) is 65.0 Å². The lowest BCUT2D eigenvalue weighted by Gasteiger charge is -2.40. The molecule has 6 heteroatoms. The first-order chi connectivity index (χ1) is 18.1. The van der Waals surface area contributed by atoms with Gasteiger partial charge < -0.3 is 15.4 Å². The Kier molecular flexibility index (Phi) is 7.30. The summed E-state index contributed by atoms with van der Waals surface area (Å²) in [6.07, 6.45) is 1.25. The van der Waals surface area contributed by atoms with Crippen LogP contribution in [0, 0.1) is 19.3 Å². The van der Waals surface area contributed by atoms with E-state index in [1.165, 1.54) is 5.56 Å². The number of nitrogens with zero attached hydrogens (tertiary/aromatic N) is 1. The van der Waals surface area contributed by atoms with Gasteiger partial charge in [0.25, 0.3) is 5.91 Å². The van der Waals surface area contributed by atoms with Gasteiger partial charge in [0.05, 0.1) is 13.2 Å². The molecule has 0 aromatic heterocycles. The molecule has 1 atom stereocenters. The van der Waals surface area contributed by atoms with E-state index in [1.54, 1.807) is 0 Å². The van der Waals surface area contributed by atoms with E-state index in [2.05, 4.69) is 55.4 Å². The Morgan fingerprint density at radius 2 is 1.79 bits per heavy atom. The second-order valence-corrected chi connectivity index (χ2v) is 11.8. The van der Waals surface area contributed by atoms with Gasteiger partial charge in [0.1, 0.15) is 0 Å². The molecule has 1 aliphatic carbocycles. The number of allylic oxidation sites excluding steroid dienone is 3. The van der Waals surface area contributed by atoms with Gasteiger partial charge in [-0.15, -0.1) is 0 Å². The zero-order chi connectivity index (χ0) is 27.0. The van der Waals surface area contributed by atoms with Crippen molar-refractivity contribution >= 4 is 17.4 Å². The fourth-order valence-corrected chi connectivity index (χ4v) is 6.20. The molecule has 2 aromatic rings. The second kappa shape index (κ2) is 10.5. The number of nitrogens with one attached hydrogen (secondary N) is 2. The topological polar surface area (TPSA) is 70.7 Å². The van der Waals surface area contributed by atoms with E-state index in [-0.39, 0.29) is 17.1 Å². The van der Waals surface area contributed by atoms with Crippen LogP contribution < -0.4 is 10.6 Å². The van der Waals surface area contributed by atoms with Crippen molar-refractivity contribution in [1.82, 2.24) is 10.2 Å². The summed E-state index contributed by atoms with van der Waals surface area (Å²) in [5.74, 6) is -0.463. The zero-order valence-corrected chi connectivity index (χ0v) is 23.2. The number of para-hydroxylation sites is 1. The number of rotatable bonds is 5. The molecule has 6 nitrogen and oxygen atoms in total. The molecule has 38 heavy (non-hydrogen) atoms. The number of ketones is 1. The maximum absolute atomic E-state index is 13.9. The molecule has 0 unspecified atom stereocenters. The summed E-state index contributed by atoms with van der Waals surface area (Å²) >= 11 is 0. The number of hydrogen-bond acceptors (Lipinski definition) is 5. The molecule has 0 spiro atoms. The number of benzene rings is 2. The smallest absolute Gasteiger partial charge is 0.254 e. The number of Topliss-reactive ketones (excluding diaryl/α,β-unsaturated/α-hetero) is 1. The molecule has 1 fully saturated rings. The molecular formula is C32H39N3O3. The number of morpholine rings is 1. The third-order valence-electron chi connectivity index (χ3n) is 8.02. The fraction of sp³-hybridized carbons (Fsp3) is 0.438. The maximum Gasteiger partial charge on any atom is 0.254 e. The van der Waals surface area contributed by atoms with Gasteiger partial charge in [0, 0.05) is 60.2 Å². The average Bonchev–Trinajstić information content (AvgIpc) is 2.85. The minimum absolute atomic E-state index is 0.124. The van der Waals surface area contributed by atoms with E-state index >= 15 is 0 Å². The fourth-order valence-electron chi connectivity index (χ4n) is 6.20. The van der Waals surface area contributed by atoms with E-state index in [0.717, 1.165) is 78.6 Å². The molecule has 0 radical (unpaired) electrons. The van der Waals surface area contributed by atoms with Crippen LogP contribution in [-0.4, -0.2) is 42.9 Å². The number of dihydropyridines is 1. The number of hydrogen-bond donors (Lipinski definition) is 2. The number of anilines is 1. The minimum atomic E-state index is -0.415. The van der Waals surface area contributed by atoms with Crippen LogP contribution in [0.2, 0.25) is 0 Å². The zero-order valence-electron chi connectivity index (χ0n) is 23.2. The molecule has 2 aromatic carbocycles. The quantitative estimate of drug-likeness (QED) is 0.562. The summed E-state index contributed by atoms with van der Waals surface area (Å²) in [5, 5.41) is 6.58. The van der Waals surface area contributed by atoms with Crippen molar-refractivity contribution in [2.75, 3.05) is 31.6 Å². The van der Waals surface area contributed by atoms with Crippen LogP contribution >= 0.6 is 0 Å². The van der Waals surface area contributed by atoms with E-state index in [4.69, 9.17) is 4.74 Å². The lowest BCUT2D eigenvalue weighted by molar-refractivity contribution is -0.118. The largest absolute Gasteiger partial charge is 0.379 e. The summed E-state index contributed by atoms with van der Waals surface area (Å²) in [7, 11) is 0.